The van der Waals surface area contributed by atoms with E-state index >= 15 is 0 Å². The maximum Gasteiger partial charge on any atom is 0.264 e. The molecule has 1 atom stereocenters. The summed E-state index contributed by atoms with van der Waals surface area (Å²) in [4.78, 5) is 29.9. The molecule has 4 aromatic rings. The number of aryl methyl sites for hydroxylation is 2. The predicted molar refractivity (Wildman–Crippen MR) is 183 cm³/mol. The highest BCUT2D eigenvalue weighted by atomic mass is 79.9. The largest absolute Gasteiger partial charge is 0.354 e. The van der Waals surface area contributed by atoms with Crippen LogP contribution < -0.4 is 9.62 Å². The Morgan fingerprint density at radius 1 is 0.822 bits per heavy atom. The molecule has 0 fully saturated rings. The minimum absolute atomic E-state index is 0.0905. The predicted octanol–water partition coefficient (Wildman–Crippen LogP) is 6.68. The first-order valence-electron chi connectivity index (χ1n) is 15.2. The van der Waals surface area contributed by atoms with Gasteiger partial charge < -0.3 is 10.2 Å². The minimum atomic E-state index is -4.15. The van der Waals surface area contributed by atoms with Crippen molar-refractivity contribution in [3.63, 3.8) is 0 Å². The van der Waals surface area contributed by atoms with Crippen LogP contribution in [-0.2, 0) is 39.0 Å². The molecule has 4 aromatic carbocycles. The molecule has 0 aliphatic heterocycles. The Bertz CT molecular complexity index is 1680. The molecule has 0 radical (unpaired) electrons. The van der Waals surface area contributed by atoms with Crippen LogP contribution in [0.1, 0.15) is 42.5 Å². The molecule has 236 valence electrons. The van der Waals surface area contributed by atoms with Gasteiger partial charge in [0.25, 0.3) is 10.0 Å². The lowest BCUT2D eigenvalue weighted by Crippen LogP contribution is -2.53. The van der Waals surface area contributed by atoms with Crippen molar-refractivity contribution in [1.29, 1.82) is 0 Å². The van der Waals surface area contributed by atoms with E-state index in [0.29, 0.717) is 18.7 Å². The first-order chi connectivity index (χ1) is 21.6. The molecule has 0 spiro atoms. The number of sulfonamides is 1. The standard InChI is InChI=1S/C36H40BrN3O4S/c1-4-23-38-36(42)34(24-28-11-7-6-8-12-28)39(25-29-17-19-31(37)20-18-29)35(41)26-40(33-14-10-9-13-30(33)5-2)45(43,44)32-21-15-27(3)16-22-32/h6-22,34H,4-5,23-26H2,1-3H3,(H,38,42)/t34-/m1/s1. The van der Waals surface area contributed by atoms with Gasteiger partial charge in [0.15, 0.2) is 0 Å². The summed E-state index contributed by atoms with van der Waals surface area (Å²) in [5, 5.41) is 2.98. The van der Waals surface area contributed by atoms with Crippen molar-refractivity contribution < 1.29 is 18.0 Å². The molecule has 2 amide bonds. The van der Waals surface area contributed by atoms with Crippen molar-refractivity contribution in [1.82, 2.24) is 10.2 Å². The van der Waals surface area contributed by atoms with E-state index in [0.717, 1.165) is 33.1 Å². The second-order valence-electron chi connectivity index (χ2n) is 11.0. The van der Waals surface area contributed by atoms with Crippen LogP contribution in [0.25, 0.3) is 0 Å². The lowest BCUT2D eigenvalue weighted by atomic mass is 10.0. The second kappa shape index (κ2) is 15.9. The molecule has 0 saturated carbocycles. The number of carbonyl (C=O) groups excluding carboxylic acids is 2. The summed E-state index contributed by atoms with van der Waals surface area (Å²) in [5.74, 6) is -0.764. The topological polar surface area (TPSA) is 86.8 Å². The van der Waals surface area contributed by atoms with E-state index in [4.69, 9.17) is 0 Å². The first-order valence-corrected chi connectivity index (χ1v) is 17.4. The number of halogens is 1. The van der Waals surface area contributed by atoms with Crippen LogP contribution in [0.15, 0.2) is 112 Å². The van der Waals surface area contributed by atoms with Crippen molar-refractivity contribution in [3.8, 4) is 0 Å². The Morgan fingerprint density at radius 3 is 2.11 bits per heavy atom. The average molecular weight is 691 g/mol. The zero-order valence-corrected chi connectivity index (χ0v) is 28.4. The molecule has 0 bridgehead atoms. The lowest BCUT2D eigenvalue weighted by molar-refractivity contribution is -0.140. The third kappa shape index (κ3) is 8.83. The maximum atomic E-state index is 14.6. The molecule has 1 N–H and O–H groups in total. The van der Waals surface area contributed by atoms with Crippen LogP contribution in [0.2, 0.25) is 0 Å². The van der Waals surface area contributed by atoms with Crippen LogP contribution in [0.4, 0.5) is 5.69 Å². The van der Waals surface area contributed by atoms with Crippen molar-refractivity contribution in [2.24, 2.45) is 0 Å². The van der Waals surface area contributed by atoms with Crippen molar-refractivity contribution in [2.45, 2.75) is 57.5 Å². The highest BCUT2D eigenvalue weighted by Gasteiger charge is 2.35. The van der Waals surface area contributed by atoms with Crippen molar-refractivity contribution in [2.75, 3.05) is 17.4 Å². The Hall–Kier alpha value is -3.95. The van der Waals surface area contributed by atoms with Gasteiger partial charge in [-0.3, -0.25) is 13.9 Å². The van der Waals surface area contributed by atoms with Gasteiger partial charge in [-0.25, -0.2) is 8.42 Å². The summed E-state index contributed by atoms with van der Waals surface area (Å²) in [6, 6.07) is 30.0. The average Bonchev–Trinajstić information content (AvgIpc) is 3.05. The van der Waals surface area contributed by atoms with E-state index in [1.807, 2.05) is 87.5 Å². The van der Waals surface area contributed by atoms with E-state index in [2.05, 4.69) is 21.2 Å². The van der Waals surface area contributed by atoms with Crippen LogP contribution in [-0.4, -0.2) is 44.3 Å². The fraction of sp³-hybridized carbons (Fsp3) is 0.278. The number of carbonyl (C=O) groups is 2. The summed E-state index contributed by atoms with van der Waals surface area (Å²) in [5.41, 5.74) is 3.86. The number of anilines is 1. The van der Waals surface area contributed by atoms with E-state index in [1.54, 1.807) is 36.4 Å². The number of nitrogens with zero attached hydrogens (tertiary/aromatic N) is 2. The van der Waals surface area contributed by atoms with Gasteiger partial charge in [-0.2, -0.15) is 0 Å². The summed E-state index contributed by atoms with van der Waals surface area (Å²) < 4.78 is 30.6. The summed E-state index contributed by atoms with van der Waals surface area (Å²) in [6.45, 7) is 5.91. The SMILES string of the molecule is CCCNC(=O)[C@@H](Cc1ccccc1)N(Cc1ccc(Br)cc1)C(=O)CN(c1ccccc1CC)S(=O)(=O)c1ccc(C)cc1. The Morgan fingerprint density at radius 2 is 1.47 bits per heavy atom. The summed E-state index contributed by atoms with van der Waals surface area (Å²) in [6.07, 6.45) is 1.58. The number of amides is 2. The zero-order chi connectivity index (χ0) is 32.4. The molecule has 0 aliphatic carbocycles. The van der Waals surface area contributed by atoms with Gasteiger partial charge in [-0.05, 0) is 66.8 Å². The van der Waals surface area contributed by atoms with E-state index in [1.165, 1.54) is 9.21 Å². The number of benzene rings is 4. The van der Waals surface area contributed by atoms with Gasteiger partial charge in [0.2, 0.25) is 11.8 Å². The van der Waals surface area contributed by atoms with Gasteiger partial charge in [0, 0.05) is 24.0 Å². The van der Waals surface area contributed by atoms with Crippen LogP contribution in [0.5, 0.6) is 0 Å². The molecule has 4 rings (SSSR count). The number of para-hydroxylation sites is 1. The van der Waals surface area contributed by atoms with E-state index in [9.17, 15) is 18.0 Å². The monoisotopic (exact) mass is 689 g/mol. The van der Waals surface area contributed by atoms with Gasteiger partial charge in [0.05, 0.1) is 10.6 Å². The molecule has 9 heteroatoms. The molecular formula is C36H40BrN3O4S. The second-order valence-corrected chi connectivity index (χ2v) is 13.7. The Labute approximate surface area is 275 Å². The normalized spacial score (nSPS) is 11.9. The maximum absolute atomic E-state index is 14.6. The smallest absolute Gasteiger partial charge is 0.264 e. The molecule has 45 heavy (non-hydrogen) atoms. The first kappa shape index (κ1) is 33.9. The van der Waals surface area contributed by atoms with Gasteiger partial charge >= 0.3 is 0 Å². The number of rotatable bonds is 14. The number of nitrogens with one attached hydrogen (secondary N) is 1. The third-order valence-corrected chi connectivity index (χ3v) is 9.92. The minimum Gasteiger partial charge on any atom is -0.354 e. The fourth-order valence-corrected chi connectivity index (χ4v) is 6.83. The lowest BCUT2D eigenvalue weighted by Gasteiger charge is -2.34. The molecule has 7 nitrogen and oxygen atoms in total. The van der Waals surface area contributed by atoms with Gasteiger partial charge in [0.1, 0.15) is 12.6 Å². The summed E-state index contributed by atoms with van der Waals surface area (Å²) >= 11 is 3.47. The molecular weight excluding hydrogens is 650 g/mol. The zero-order valence-electron chi connectivity index (χ0n) is 25.9. The summed E-state index contributed by atoms with van der Waals surface area (Å²) in [7, 11) is -4.15. The van der Waals surface area contributed by atoms with Crippen molar-refractivity contribution >= 4 is 43.5 Å². The molecule has 0 heterocycles. The molecule has 0 saturated heterocycles. The molecule has 0 aromatic heterocycles. The molecule has 0 aliphatic rings. The van der Waals surface area contributed by atoms with Crippen LogP contribution in [0, 0.1) is 6.92 Å². The van der Waals surface area contributed by atoms with Crippen LogP contribution in [0.3, 0.4) is 0 Å². The van der Waals surface area contributed by atoms with E-state index in [-0.39, 0.29) is 23.8 Å². The third-order valence-electron chi connectivity index (χ3n) is 7.62. The fourth-order valence-electron chi connectivity index (χ4n) is 5.11. The Balaban J connectivity index is 1.82. The number of hydrogen-bond donors (Lipinski definition) is 1. The van der Waals surface area contributed by atoms with Crippen LogP contribution >= 0.6 is 15.9 Å². The molecule has 0 unspecified atom stereocenters. The quantitative estimate of drug-likeness (QED) is 0.160. The highest BCUT2D eigenvalue weighted by Crippen LogP contribution is 2.29. The van der Waals surface area contributed by atoms with Gasteiger partial charge in [-0.1, -0.05) is 108 Å². The highest BCUT2D eigenvalue weighted by molar-refractivity contribution is 9.10. The van der Waals surface area contributed by atoms with Crippen molar-refractivity contribution in [3.05, 3.63) is 130 Å². The Kier molecular flexibility index (Phi) is 12.0. The van der Waals surface area contributed by atoms with Gasteiger partial charge in [-0.15, -0.1) is 0 Å². The number of hydrogen-bond acceptors (Lipinski definition) is 4. The van der Waals surface area contributed by atoms with E-state index < -0.39 is 28.5 Å².